The van der Waals surface area contributed by atoms with Crippen LogP contribution in [0.4, 0.5) is 0 Å². The van der Waals surface area contributed by atoms with Crippen molar-refractivity contribution >= 4 is 0 Å². The Kier molecular flexibility index (Phi) is 4.83. The molecular weight excluding hydrogens is 220 g/mol. The highest BCUT2D eigenvalue weighted by Crippen LogP contribution is 2.15. The Morgan fingerprint density at radius 2 is 1.56 bits per heavy atom. The van der Waals surface area contributed by atoms with Crippen molar-refractivity contribution in [3.05, 3.63) is 65.7 Å². The van der Waals surface area contributed by atoms with Gasteiger partial charge in [0.25, 0.3) is 0 Å². The number of unbranched alkanes of at least 4 members (excludes halogenated alkanes) is 1. The van der Waals surface area contributed by atoms with Crippen molar-refractivity contribution in [2.45, 2.75) is 32.8 Å². The summed E-state index contributed by atoms with van der Waals surface area (Å²) in [5, 5.41) is 0. The van der Waals surface area contributed by atoms with Crippen molar-refractivity contribution in [1.29, 1.82) is 0 Å². The molecule has 0 heterocycles. The molecule has 0 spiro atoms. The zero-order valence-corrected chi connectivity index (χ0v) is 10.9. The maximum Gasteiger partial charge on any atom is 0.119 e. The standard InChI is InChI=1S/C17H20O/c1-2-3-7-15-10-12-17(13-11-15)18-14-16-8-5-4-6-9-16/h4-6,8-13H,2-3,7,14H2,1H3. The normalized spacial score (nSPS) is 10.3. The van der Waals surface area contributed by atoms with Crippen LogP contribution in [0.2, 0.25) is 0 Å². The molecule has 0 aliphatic heterocycles. The monoisotopic (exact) mass is 240 g/mol. The summed E-state index contributed by atoms with van der Waals surface area (Å²) in [4.78, 5) is 0. The van der Waals surface area contributed by atoms with Crippen LogP contribution in [-0.2, 0) is 13.0 Å². The van der Waals surface area contributed by atoms with Crippen LogP contribution >= 0.6 is 0 Å². The fraction of sp³-hybridized carbons (Fsp3) is 0.294. The van der Waals surface area contributed by atoms with Gasteiger partial charge in [0, 0.05) is 0 Å². The lowest BCUT2D eigenvalue weighted by Gasteiger charge is -2.07. The molecule has 2 aromatic rings. The minimum Gasteiger partial charge on any atom is -0.489 e. The second-order valence-corrected chi connectivity index (χ2v) is 4.52. The van der Waals surface area contributed by atoms with Gasteiger partial charge in [0.1, 0.15) is 12.4 Å². The van der Waals surface area contributed by atoms with Gasteiger partial charge in [-0.2, -0.15) is 0 Å². The van der Waals surface area contributed by atoms with Gasteiger partial charge >= 0.3 is 0 Å². The molecule has 94 valence electrons. The van der Waals surface area contributed by atoms with Gasteiger partial charge in [-0.05, 0) is 36.1 Å². The summed E-state index contributed by atoms with van der Waals surface area (Å²) in [5.74, 6) is 0.944. The quantitative estimate of drug-likeness (QED) is 0.716. The molecule has 0 amide bonds. The first-order chi connectivity index (χ1) is 8.88. The molecule has 0 N–H and O–H groups in total. The van der Waals surface area contributed by atoms with Crippen LogP contribution in [0, 0.1) is 0 Å². The highest BCUT2D eigenvalue weighted by Gasteiger charge is 1.96. The van der Waals surface area contributed by atoms with Gasteiger partial charge in [-0.1, -0.05) is 55.8 Å². The van der Waals surface area contributed by atoms with E-state index in [2.05, 4.69) is 43.3 Å². The van der Waals surface area contributed by atoms with E-state index in [9.17, 15) is 0 Å². The van der Waals surface area contributed by atoms with Crippen LogP contribution in [-0.4, -0.2) is 0 Å². The first-order valence-electron chi connectivity index (χ1n) is 6.64. The van der Waals surface area contributed by atoms with Crippen LogP contribution in [0.1, 0.15) is 30.9 Å². The van der Waals surface area contributed by atoms with Gasteiger partial charge < -0.3 is 4.74 Å². The number of rotatable bonds is 6. The second kappa shape index (κ2) is 6.85. The predicted molar refractivity (Wildman–Crippen MR) is 75.8 cm³/mol. The molecule has 0 saturated heterocycles. The van der Waals surface area contributed by atoms with Gasteiger partial charge in [0.2, 0.25) is 0 Å². The minimum atomic E-state index is 0.634. The van der Waals surface area contributed by atoms with Crippen molar-refractivity contribution in [3.8, 4) is 5.75 Å². The molecule has 0 unspecified atom stereocenters. The third-order valence-electron chi connectivity index (χ3n) is 2.99. The van der Waals surface area contributed by atoms with Crippen LogP contribution in [0.5, 0.6) is 5.75 Å². The summed E-state index contributed by atoms with van der Waals surface area (Å²) < 4.78 is 5.75. The number of benzene rings is 2. The molecule has 2 aromatic carbocycles. The first-order valence-corrected chi connectivity index (χ1v) is 6.64. The van der Waals surface area contributed by atoms with Crippen LogP contribution < -0.4 is 4.74 Å². The predicted octanol–water partition coefficient (Wildman–Crippen LogP) is 4.61. The zero-order valence-electron chi connectivity index (χ0n) is 10.9. The van der Waals surface area contributed by atoms with Crippen LogP contribution in [0.25, 0.3) is 0 Å². The summed E-state index contributed by atoms with van der Waals surface area (Å²) in [5.41, 5.74) is 2.59. The number of hydrogen-bond donors (Lipinski definition) is 0. The van der Waals surface area contributed by atoms with Crippen molar-refractivity contribution in [3.63, 3.8) is 0 Å². The summed E-state index contributed by atoms with van der Waals surface area (Å²) in [6.45, 7) is 2.85. The van der Waals surface area contributed by atoms with E-state index in [1.165, 1.54) is 24.0 Å². The Morgan fingerprint density at radius 1 is 0.833 bits per heavy atom. The molecule has 0 radical (unpaired) electrons. The fourth-order valence-electron chi connectivity index (χ4n) is 1.87. The van der Waals surface area contributed by atoms with E-state index in [0.717, 1.165) is 12.2 Å². The van der Waals surface area contributed by atoms with Crippen molar-refractivity contribution in [2.24, 2.45) is 0 Å². The molecular formula is C17H20O. The van der Waals surface area contributed by atoms with Crippen molar-refractivity contribution in [1.82, 2.24) is 0 Å². The topological polar surface area (TPSA) is 9.23 Å². The molecule has 0 fully saturated rings. The Hall–Kier alpha value is -1.76. The average Bonchev–Trinajstić information content (AvgIpc) is 2.45. The summed E-state index contributed by atoms with van der Waals surface area (Å²) in [6, 6.07) is 18.7. The third kappa shape index (κ3) is 3.92. The van der Waals surface area contributed by atoms with Gasteiger partial charge in [-0.3, -0.25) is 0 Å². The molecule has 1 heteroatoms. The number of hydrogen-bond acceptors (Lipinski definition) is 1. The number of ether oxygens (including phenoxy) is 1. The highest BCUT2D eigenvalue weighted by atomic mass is 16.5. The molecule has 0 atom stereocenters. The summed E-state index contributed by atoms with van der Waals surface area (Å²) in [7, 11) is 0. The van der Waals surface area contributed by atoms with Gasteiger partial charge in [0.15, 0.2) is 0 Å². The second-order valence-electron chi connectivity index (χ2n) is 4.52. The van der Waals surface area contributed by atoms with E-state index >= 15 is 0 Å². The van der Waals surface area contributed by atoms with Gasteiger partial charge in [-0.15, -0.1) is 0 Å². The Labute approximate surface area is 109 Å². The van der Waals surface area contributed by atoms with Crippen LogP contribution in [0.3, 0.4) is 0 Å². The Balaban J connectivity index is 1.86. The van der Waals surface area contributed by atoms with Crippen molar-refractivity contribution < 1.29 is 4.74 Å². The lowest BCUT2D eigenvalue weighted by molar-refractivity contribution is 0.306. The van der Waals surface area contributed by atoms with Crippen LogP contribution in [0.15, 0.2) is 54.6 Å². The summed E-state index contributed by atoms with van der Waals surface area (Å²) >= 11 is 0. The van der Waals surface area contributed by atoms with Gasteiger partial charge in [-0.25, -0.2) is 0 Å². The molecule has 0 aliphatic carbocycles. The Morgan fingerprint density at radius 3 is 2.22 bits per heavy atom. The fourth-order valence-corrected chi connectivity index (χ4v) is 1.87. The zero-order chi connectivity index (χ0) is 12.6. The van der Waals surface area contributed by atoms with Gasteiger partial charge in [0.05, 0.1) is 0 Å². The SMILES string of the molecule is CCCCc1ccc(OCc2ccccc2)cc1. The average molecular weight is 240 g/mol. The lowest BCUT2D eigenvalue weighted by Crippen LogP contribution is -1.95. The first kappa shape index (κ1) is 12.7. The van der Waals surface area contributed by atoms with E-state index in [1.807, 2.05) is 18.2 Å². The van der Waals surface area contributed by atoms with E-state index in [1.54, 1.807) is 0 Å². The summed E-state index contributed by atoms with van der Waals surface area (Å²) in [6.07, 6.45) is 3.66. The highest BCUT2D eigenvalue weighted by molar-refractivity contribution is 5.27. The molecule has 0 aliphatic rings. The maximum absolute atomic E-state index is 5.75. The molecule has 2 rings (SSSR count). The largest absolute Gasteiger partial charge is 0.489 e. The third-order valence-corrected chi connectivity index (χ3v) is 2.99. The van der Waals surface area contributed by atoms with Crippen molar-refractivity contribution in [2.75, 3.05) is 0 Å². The Bertz CT molecular complexity index is 445. The molecule has 0 aromatic heterocycles. The van der Waals surface area contributed by atoms with E-state index < -0.39 is 0 Å². The molecule has 1 nitrogen and oxygen atoms in total. The molecule has 18 heavy (non-hydrogen) atoms. The lowest BCUT2D eigenvalue weighted by atomic mass is 10.1. The molecule has 0 bridgehead atoms. The van der Waals surface area contributed by atoms with E-state index in [4.69, 9.17) is 4.74 Å². The smallest absolute Gasteiger partial charge is 0.119 e. The minimum absolute atomic E-state index is 0.634. The van der Waals surface area contributed by atoms with E-state index in [0.29, 0.717) is 6.61 Å². The molecule has 0 saturated carbocycles. The number of aryl methyl sites for hydroxylation is 1. The van der Waals surface area contributed by atoms with E-state index in [-0.39, 0.29) is 0 Å². The maximum atomic E-state index is 5.75.